The Balaban J connectivity index is 1.09. The minimum atomic E-state index is 0.492. The SMILES string of the molecule is c1ccc(N(c2ccccc2)c2ccc3c(c2)oc2cccc(-c4nc(-c5cccc6c5oc5ccccc56)nc(-c5cccc6c5oc5ccccc56)n4)c23)cc1. The number of nitrogens with zero attached hydrogens (tertiary/aromatic N) is 4. The zero-order valence-electron chi connectivity index (χ0n) is 30.8. The summed E-state index contributed by atoms with van der Waals surface area (Å²) in [7, 11) is 0. The van der Waals surface area contributed by atoms with Crippen LogP contribution in [0.2, 0.25) is 0 Å². The lowest BCUT2D eigenvalue weighted by Gasteiger charge is -2.25. The first-order chi connectivity index (χ1) is 28.7. The molecule has 0 aliphatic heterocycles. The summed E-state index contributed by atoms with van der Waals surface area (Å²) in [5.41, 5.74) is 9.98. The summed E-state index contributed by atoms with van der Waals surface area (Å²) in [6, 6.07) is 61.5. The van der Waals surface area contributed by atoms with E-state index < -0.39 is 0 Å². The summed E-state index contributed by atoms with van der Waals surface area (Å²) in [4.78, 5) is 17.9. The molecule has 0 amide bonds. The van der Waals surface area contributed by atoms with Crippen LogP contribution in [-0.2, 0) is 0 Å². The van der Waals surface area contributed by atoms with Crippen LogP contribution in [0.1, 0.15) is 0 Å². The fourth-order valence-corrected chi connectivity index (χ4v) is 8.33. The van der Waals surface area contributed by atoms with Gasteiger partial charge in [-0.3, -0.25) is 0 Å². The van der Waals surface area contributed by atoms with Crippen LogP contribution in [0.25, 0.3) is 100.0 Å². The van der Waals surface area contributed by atoms with E-state index in [4.69, 9.17) is 28.2 Å². The van der Waals surface area contributed by atoms with Gasteiger partial charge in [0.15, 0.2) is 17.5 Å². The zero-order valence-corrected chi connectivity index (χ0v) is 30.8. The van der Waals surface area contributed by atoms with Crippen molar-refractivity contribution in [2.75, 3.05) is 4.90 Å². The van der Waals surface area contributed by atoms with Gasteiger partial charge in [0.1, 0.15) is 33.5 Å². The van der Waals surface area contributed by atoms with Crippen molar-refractivity contribution >= 4 is 82.9 Å². The highest BCUT2D eigenvalue weighted by molar-refractivity contribution is 6.14. The van der Waals surface area contributed by atoms with Gasteiger partial charge in [-0.1, -0.05) is 109 Å². The molecule has 0 saturated carbocycles. The standard InChI is InChI=1S/C51H30N4O3/c1-3-14-31(15-4-1)55(32-16-5-2-6-17-32)33-28-29-38-45(30-33)56-44-27-13-22-39(46(38)44)49-52-50(40-23-11-20-36-34-18-7-9-25-42(34)57-47(36)40)54-51(53-49)41-24-12-21-37-35-19-8-10-26-43(35)58-48(37)41/h1-30H. The van der Waals surface area contributed by atoms with E-state index in [1.54, 1.807) is 0 Å². The zero-order chi connectivity index (χ0) is 38.2. The van der Waals surface area contributed by atoms with Crippen LogP contribution in [0, 0.1) is 0 Å². The smallest absolute Gasteiger partial charge is 0.167 e. The van der Waals surface area contributed by atoms with Crippen molar-refractivity contribution in [1.82, 2.24) is 15.0 Å². The second kappa shape index (κ2) is 12.8. The predicted molar refractivity (Wildman–Crippen MR) is 233 cm³/mol. The minimum Gasteiger partial charge on any atom is -0.456 e. The molecule has 0 spiro atoms. The van der Waals surface area contributed by atoms with Crippen molar-refractivity contribution in [3.63, 3.8) is 0 Å². The predicted octanol–water partition coefficient (Wildman–Crippen LogP) is 14.0. The number of furan rings is 3. The quantitative estimate of drug-likeness (QED) is 0.168. The average Bonchev–Trinajstić information content (AvgIpc) is 3.98. The van der Waals surface area contributed by atoms with Gasteiger partial charge in [0.2, 0.25) is 0 Å². The molecule has 12 aromatic rings. The Bertz CT molecular complexity index is 3360. The summed E-state index contributed by atoms with van der Waals surface area (Å²) < 4.78 is 19.7. The monoisotopic (exact) mass is 746 g/mol. The number of hydrogen-bond acceptors (Lipinski definition) is 7. The third kappa shape index (κ3) is 5.04. The molecular weight excluding hydrogens is 717 g/mol. The van der Waals surface area contributed by atoms with E-state index in [0.717, 1.165) is 99.6 Å². The molecule has 58 heavy (non-hydrogen) atoms. The Labute approximate surface area is 331 Å². The Morgan fingerprint density at radius 2 is 0.776 bits per heavy atom. The number of hydrogen-bond donors (Lipinski definition) is 0. The molecule has 0 fully saturated rings. The normalized spacial score (nSPS) is 11.8. The first kappa shape index (κ1) is 32.2. The van der Waals surface area contributed by atoms with Gasteiger partial charge in [0.25, 0.3) is 0 Å². The van der Waals surface area contributed by atoms with Crippen LogP contribution < -0.4 is 4.90 Å². The Kier molecular flexibility index (Phi) is 7.09. The molecule has 7 heteroatoms. The topological polar surface area (TPSA) is 81.3 Å². The summed E-state index contributed by atoms with van der Waals surface area (Å²) >= 11 is 0. The maximum absolute atomic E-state index is 6.66. The van der Waals surface area contributed by atoms with Crippen molar-refractivity contribution < 1.29 is 13.3 Å². The van der Waals surface area contributed by atoms with E-state index in [2.05, 4.69) is 102 Å². The fourth-order valence-electron chi connectivity index (χ4n) is 8.33. The average molecular weight is 747 g/mol. The van der Waals surface area contributed by atoms with E-state index >= 15 is 0 Å². The van der Waals surface area contributed by atoms with Crippen LogP contribution >= 0.6 is 0 Å². The number of fused-ring (bicyclic) bond motifs is 9. The van der Waals surface area contributed by atoms with Gasteiger partial charge in [-0.05, 0) is 66.7 Å². The molecule has 12 rings (SSSR count). The highest BCUT2D eigenvalue weighted by atomic mass is 16.3. The maximum Gasteiger partial charge on any atom is 0.167 e. The fraction of sp³-hybridized carbons (Fsp3) is 0. The molecule has 0 atom stereocenters. The van der Waals surface area contributed by atoms with Crippen molar-refractivity contribution in [3.05, 3.63) is 182 Å². The Morgan fingerprint density at radius 3 is 1.36 bits per heavy atom. The van der Waals surface area contributed by atoms with Crippen molar-refractivity contribution in [1.29, 1.82) is 0 Å². The van der Waals surface area contributed by atoms with Gasteiger partial charge in [-0.2, -0.15) is 0 Å². The Hall–Kier alpha value is -8.03. The van der Waals surface area contributed by atoms with Crippen LogP contribution in [0.3, 0.4) is 0 Å². The molecule has 0 aliphatic carbocycles. The highest BCUT2D eigenvalue weighted by Gasteiger charge is 2.23. The van der Waals surface area contributed by atoms with Gasteiger partial charge in [-0.25, -0.2) is 15.0 Å². The van der Waals surface area contributed by atoms with E-state index in [-0.39, 0.29) is 0 Å². The Morgan fingerprint density at radius 1 is 0.310 bits per heavy atom. The third-order valence-electron chi connectivity index (χ3n) is 10.9. The molecule has 0 aliphatic rings. The molecular formula is C51H30N4O3. The first-order valence-corrected chi connectivity index (χ1v) is 19.2. The summed E-state index contributed by atoms with van der Waals surface area (Å²) in [6.45, 7) is 0. The van der Waals surface area contributed by atoms with Crippen LogP contribution in [0.5, 0.6) is 0 Å². The lowest BCUT2D eigenvalue weighted by atomic mass is 10.0. The molecule has 7 nitrogen and oxygen atoms in total. The molecule has 272 valence electrons. The van der Waals surface area contributed by atoms with Gasteiger partial charge >= 0.3 is 0 Å². The molecule has 0 saturated heterocycles. The largest absolute Gasteiger partial charge is 0.456 e. The van der Waals surface area contributed by atoms with Gasteiger partial charge in [-0.15, -0.1) is 0 Å². The molecule has 4 heterocycles. The van der Waals surface area contributed by atoms with Crippen LogP contribution in [-0.4, -0.2) is 15.0 Å². The van der Waals surface area contributed by atoms with E-state index in [1.165, 1.54) is 0 Å². The molecule has 0 unspecified atom stereocenters. The van der Waals surface area contributed by atoms with Crippen LogP contribution in [0.4, 0.5) is 17.1 Å². The van der Waals surface area contributed by atoms with Gasteiger partial charge in [0.05, 0.1) is 11.1 Å². The lowest BCUT2D eigenvalue weighted by Crippen LogP contribution is -2.09. The lowest BCUT2D eigenvalue weighted by molar-refractivity contribution is 0.668. The summed E-state index contributed by atoms with van der Waals surface area (Å²) in [5, 5.41) is 5.94. The molecule has 8 aromatic carbocycles. The maximum atomic E-state index is 6.66. The van der Waals surface area contributed by atoms with Gasteiger partial charge < -0.3 is 18.2 Å². The summed E-state index contributed by atoms with van der Waals surface area (Å²) in [6.07, 6.45) is 0. The minimum absolute atomic E-state index is 0.492. The molecule has 0 radical (unpaired) electrons. The van der Waals surface area contributed by atoms with Gasteiger partial charge in [0, 0.05) is 61.0 Å². The molecule has 0 bridgehead atoms. The third-order valence-corrected chi connectivity index (χ3v) is 10.9. The highest BCUT2D eigenvalue weighted by Crippen LogP contribution is 2.43. The number of anilines is 3. The van der Waals surface area contributed by atoms with E-state index in [1.807, 2.05) is 84.9 Å². The van der Waals surface area contributed by atoms with Crippen LogP contribution in [0.15, 0.2) is 195 Å². The second-order valence-electron chi connectivity index (χ2n) is 14.3. The van der Waals surface area contributed by atoms with Crippen molar-refractivity contribution in [2.45, 2.75) is 0 Å². The number of aromatic nitrogens is 3. The number of para-hydroxylation sites is 6. The van der Waals surface area contributed by atoms with E-state index in [0.29, 0.717) is 17.5 Å². The summed E-state index contributed by atoms with van der Waals surface area (Å²) in [5.74, 6) is 1.49. The van der Waals surface area contributed by atoms with Crippen molar-refractivity contribution in [3.8, 4) is 34.2 Å². The number of rotatable bonds is 6. The van der Waals surface area contributed by atoms with E-state index in [9.17, 15) is 0 Å². The second-order valence-corrected chi connectivity index (χ2v) is 14.3. The molecule has 0 N–H and O–H groups in total. The first-order valence-electron chi connectivity index (χ1n) is 19.2. The molecule has 4 aromatic heterocycles. The number of benzene rings is 8. The van der Waals surface area contributed by atoms with Crippen molar-refractivity contribution in [2.24, 2.45) is 0 Å².